The van der Waals surface area contributed by atoms with Gasteiger partial charge in [-0.25, -0.2) is 9.78 Å². The van der Waals surface area contributed by atoms with E-state index in [1.807, 2.05) is 13.8 Å². The number of nitrogens with one attached hydrogen (secondary N) is 2. The first-order valence-corrected chi connectivity index (χ1v) is 9.23. The van der Waals surface area contributed by atoms with Crippen molar-refractivity contribution >= 4 is 17.4 Å². The summed E-state index contributed by atoms with van der Waals surface area (Å²) >= 11 is 1.71. The Labute approximate surface area is 142 Å². The molecular weight excluding hydrogens is 312 g/mol. The maximum atomic E-state index is 11.8. The van der Waals surface area contributed by atoms with Crippen LogP contribution in [0.2, 0.25) is 0 Å². The van der Waals surface area contributed by atoms with Gasteiger partial charge in [-0.15, -0.1) is 11.3 Å². The SMILES string of the molecule is Cc1nc(CN2CCC(CNC(=O)N[C@H](C)CCO)CC2)cs1. The number of nitrogens with zero attached hydrogens (tertiary/aromatic N) is 2. The zero-order valence-electron chi connectivity index (χ0n) is 14.0. The number of thiazole rings is 1. The number of likely N-dealkylation sites (tertiary alicyclic amines) is 1. The Bertz CT molecular complexity index is 486. The molecule has 3 N–H and O–H groups in total. The lowest BCUT2D eigenvalue weighted by Gasteiger charge is -2.31. The number of aromatic nitrogens is 1. The lowest BCUT2D eigenvalue weighted by Crippen LogP contribution is -2.44. The Morgan fingerprint density at radius 1 is 1.52 bits per heavy atom. The molecule has 7 heteroatoms. The lowest BCUT2D eigenvalue weighted by atomic mass is 9.97. The highest BCUT2D eigenvalue weighted by Crippen LogP contribution is 2.19. The predicted molar refractivity (Wildman–Crippen MR) is 92.6 cm³/mol. The van der Waals surface area contributed by atoms with Gasteiger partial charge < -0.3 is 15.7 Å². The number of piperidine rings is 1. The van der Waals surface area contributed by atoms with Crippen LogP contribution in [0.25, 0.3) is 0 Å². The fourth-order valence-corrected chi connectivity index (χ4v) is 3.44. The standard InChI is InChI=1S/C16H28N4O2S/c1-12(5-8-21)18-16(22)17-9-14-3-6-20(7-4-14)10-15-11-23-13(2)19-15/h11-12,14,21H,3-10H2,1-2H3,(H2,17,18,22)/t12-/m1/s1. The van der Waals surface area contributed by atoms with E-state index >= 15 is 0 Å². The highest BCUT2D eigenvalue weighted by Gasteiger charge is 2.20. The molecule has 1 fully saturated rings. The maximum absolute atomic E-state index is 11.8. The highest BCUT2D eigenvalue weighted by atomic mass is 32.1. The van der Waals surface area contributed by atoms with Gasteiger partial charge in [0, 0.05) is 31.1 Å². The van der Waals surface area contributed by atoms with E-state index in [4.69, 9.17) is 5.11 Å². The second kappa shape index (κ2) is 9.20. The van der Waals surface area contributed by atoms with Gasteiger partial charge in [-0.1, -0.05) is 0 Å². The van der Waals surface area contributed by atoms with Crippen LogP contribution in [0.15, 0.2) is 5.38 Å². The molecule has 1 aliphatic heterocycles. The number of aliphatic hydroxyl groups is 1. The van der Waals surface area contributed by atoms with Gasteiger partial charge in [0.15, 0.2) is 0 Å². The van der Waals surface area contributed by atoms with Crippen LogP contribution in [0.4, 0.5) is 4.79 Å². The predicted octanol–water partition coefficient (Wildman–Crippen LogP) is 1.73. The lowest BCUT2D eigenvalue weighted by molar-refractivity contribution is 0.173. The maximum Gasteiger partial charge on any atom is 0.315 e. The largest absolute Gasteiger partial charge is 0.396 e. The Hall–Kier alpha value is -1.18. The summed E-state index contributed by atoms with van der Waals surface area (Å²) in [6, 6.07) is -0.130. The van der Waals surface area contributed by atoms with Gasteiger partial charge in [0.25, 0.3) is 0 Å². The van der Waals surface area contributed by atoms with Gasteiger partial charge in [-0.05, 0) is 52.1 Å². The van der Waals surface area contributed by atoms with Crippen molar-refractivity contribution in [1.82, 2.24) is 20.5 Å². The van der Waals surface area contributed by atoms with Crippen molar-refractivity contribution in [2.24, 2.45) is 5.92 Å². The first-order chi connectivity index (χ1) is 11.1. The van der Waals surface area contributed by atoms with Crippen molar-refractivity contribution in [2.45, 2.75) is 45.7 Å². The topological polar surface area (TPSA) is 77.5 Å². The van der Waals surface area contributed by atoms with Crippen LogP contribution in [0.1, 0.15) is 36.9 Å². The summed E-state index contributed by atoms with van der Waals surface area (Å²) in [5.41, 5.74) is 1.17. The molecule has 0 bridgehead atoms. The molecular formula is C16H28N4O2S. The van der Waals surface area contributed by atoms with Crippen LogP contribution in [0.3, 0.4) is 0 Å². The first-order valence-electron chi connectivity index (χ1n) is 8.35. The van der Waals surface area contributed by atoms with Gasteiger partial charge in [-0.3, -0.25) is 4.90 Å². The quantitative estimate of drug-likeness (QED) is 0.706. The minimum Gasteiger partial charge on any atom is -0.396 e. The number of hydrogen-bond acceptors (Lipinski definition) is 5. The molecule has 0 spiro atoms. The molecule has 0 radical (unpaired) electrons. The molecule has 23 heavy (non-hydrogen) atoms. The molecule has 2 rings (SSSR count). The van der Waals surface area contributed by atoms with Gasteiger partial charge in [0.1, 0.15) is 0 Å². The Morgan fingerprint density at radius 3 is 2.87 bits per heavy atom. The van der Waals surface area contributed by atoms with Crippen LogP contribution in [0.5, 0.6) is 0 Å². The molecule has 0 saturated carbocycles. The van der Waals surface area contributed by atoms with Gasteiger partial charge in [0.05, 0.1) is 10.7 Å². The summed E-state index contributed by atoms with van der Waals surface area (Å²) in [4.78, 5) is 18.7. The Morgan fingerprint density at radius 2 is 2.26 bits per heavy atom. The number of aryl methyl sites for hydroxylation is 1. The van der Waals surface area contributed by atoms with Gasteiger partial charge in [0.2, 0.25) is 0 Å². The summed E-state index contributed by atoms with van der Waals surface area (Å²) in [6.07, 6.45) is 2.80. The smallest absolute Gasteiger partial charge is 0.315 e. The molecule has 1 aromatic heterocycles. The van der Waals surface area contributed by atoms with E-state index in [1.54, 1.807) is 11.3 Å². The average Bonchev–Trinajstić information content (AvgIpc) is 2.92. The molecule has 1 atom stereocenters. The monoisotopic (exact) mass is 340 g/mol. The number of urea groups is 1. The number of carbonyl (C=O) groups is 1. The van der Waals surface area contributed by atoms with Crippen LogP contribution in [-0.2, 0) is 6.54 Å². The third-order valence-electron chi connectivity index (χ3n) is 4.25. The second-order valence-corrected chi connectivity index (χ2v) is 7.41. The summed E-state index contributed by atoms with van der Waals surface area (Å²) in [6.45, 7) is 7.81. The van der Waals surface area contributed by atoms with Crippen molar-refractivity contribution < 1.29 is 9.90 Å². The molecule has 2 heterocycles. The summed E-state index contributed by atoms with van der Waals surface area (Å²) in [7, 11) is 0. The van der Waals surface area contributed by atoms with Crippen molar-refractivity contribution in [3.05, 3.63) is 16.1 Å². The number of hydrogen-bond donors (Lipinski definition) is 3. The molecule has 2 amide bonds. The van der Waals surface area contributed by atoms with Crippen molar-refractivity contribution in [3.8, 4) is 0 Å². The number of carbonyl (C=O) groups excluding carboxylic acids is 1. The van der Waals surface area contributed by atoms with E-state index in [1.165, 1.54) is 5.69 Å². The molecule has 0 aliphatic carbocycles. The molecule has 1 aromatic rings. The molecule has 130 valence electrons. The number of rotatable bonds is 7. The average molecular weight is 340 g/mol. The first kappa shape index (κ1) is 18.2. The van der Waals surface area contributed by atoms with Crippen molar-refractivity contribution in [1.29, 1.82) is 0 Å². The van der Waals surface area contributed by atoms with E-state index in [-0.39, 0.29) is 18.7 Å². The summed E-state index contributed by atoms with van der Waals surface area (Å²) in [5, 5.41) is 17.9. The zero-order valence-corrected chi connectivity index (χ0v) is 14.9. The van der Waals surface area contributed by atoms with E-state index in [0.717, 1.165) is 44.0 Å². The van der Waals surface area contributed by atoms with Crippen LogP contribution in [-0.4, -0.2) is 53.3 Å². The minimum absolute atomic E-state index is 0.00316. The van der Waals surface area contributed by atoms with Gasteiger partial charge >= 0.3 is 6.03 Å². The highest BCUT2D eigenvalue weighted by molar-refractivity contribution is 7.09. The van der Waals surface area contributed by atoms with E-state index in [2.05, 4.69) is 25.9 Å². The van der Waals surface area contributed by atoms with Crippen molar-refractivity contribution in [2.75, 3.05) is 26.2 Å². The van der Waals surface area contributed by atoms with E-state index in [9.17, 15) is 4.79 Å². The molecule has 1 aliphatic rings. The summed E-state index contributed by atoms with van der Waals surface area (Å²) < 4.78 is 0. The summed E-state index contributed by atoms with van der Waals surface area (Å²) in [5.74, 6) is 0.544. The zero-order chi connectivity index (χ0) is 16.7. The van der Waals surface area contributed by atoms with Crippen LogP contribution in [0, 0.1) is 12.8 Å². The molecule has 0 unspecified atom stereocenters. The Balaban J connectivity index is 1.62. The van der Waals surface area contributed by atoms with Crippen LogP contribution < -0.4 is 10.6 Å². The number of amides is 2. The third-order valence-corrected chi connectivity index (χ3v) is 5.07. The van der Waals surface area contributed by atoms with Crippen LogP contribution >= 0.6 is 11.3 Å². The van der Waals surface area contributed by atoms with E-state index < -0.39 is 0 Å². The molecule has 1 saturated heterocycles. The fourth-order valence-electron chi connectivity index (χ4n) is 2.84. The third kappa shape index (κ3) is 6.45. The minimum atomic E-state index is -0.133. The normalized spacial score (nSPS) is 17.9. The fraction of sp³-hybridized carbons (Fsp3) is 0.750. The number of aliphatic hydroxyl groups excluding tert-OH is 1. The van der Waals surface area contributed by atoms with E-state index in [0.29, 0.717) is 12.3 Å². The molecule has 0 aromatic carbocycles. The molecule has 6 nitrogen and oxygen atoms in total. The second-order valence-electron chi connectivity index (χ2n) is 6.35. The Kier molecular flexibility index (Phi) is 7.26. The van der Waals surface area contributed by atoms with Gasteiger partial charge in [-0.2, -0.15) is 0 Å². The van der Waals surface area contributed by atoms with Crippen molar-refractivity contribution in [3.63, 3.8) is 0 Å².